The molecule has 1 unspecified atom stereocenters. The average Bonchev–Trinajstić information content (AvgIpc) is 2.65. The van der Waals surface area contributed by atoms with E-state index in [-0.39, 0.29) is 0 Å². The molecule has 6 heteroatoms. The first-order valence-corrected chi connectivity index (χ1v) is 4.98. The first-order chi connectivity index (χ1) is 7.02. The Morgan fingerprint density at radius 2 is 2.13 bits per heavy atom. The molecule has 0 aliphatic carbocycles. The summed E-state index contributed by atoms with van der Waals surface area (Å²) in [6.45, 7) is 1.09. The van der Waals surface area contributed by atoms with Gasteiger partial charge in [-0.25, -0.2) is 4.79 Å². The van der Waals surface area contributed by atoms with Crippen LogP contribution in [-0.2, 0) is 14.4 Å². The zero-order valence-electron chi connectivity index (χ0n) is 7.89. The fraction of sp³-hybridized carbons (Fsp3) is 0.222. The van der Waals surface area contributed by atoms with Crippen LogP contribution in [0.2, 0.25) is 0 Å². The lowest BCUT2D eigenvalue weighted by Crippen LogP contribution is -2.36. The van der Waals surface area contributed by atoms with Crippen molar-refractivity contribution < 1.29 is 19.5 Å². The molecule has 1 aromatic rings. The molecule has 0 spiro atoms. The number of Topliss-reactive ketones (excluding diaryl/α,β-unsaturated/α-hetero) is 1. The third-order valence-electron chi connectivity index (χ3n) is 1.67. The maximum atomic E-state index is 11.0. The second-order valence-electron chi connectivity index (χ2n) is 2.82. The molecule has 1 rings (SSSR count). The van der Waals surface area contributed by atoms with Crippen LogP contribution in [0.1, 0.15) is 17.8 Å². The van der Waals surface area contributed by atoms with E-state index in [0.29, 0.717) is 4.88 Å². The molecular weight excluding hydrogens is 218 g/mol. The third kappa shape index (κ3) is 2.88. The van der Waals surface area contributed by atoms with Crippen molar-refractivity contribution in [3.8, 4) is 0 Å². The minimum Gasteiger partial charge on any atom is -0.479 e. The predicted octanol–water partition coefficient (Wildman–Crippen LogP) is 0.579. The number of rotatable bonds is 4. The Morgan fingerprint density at radius 3 is 2.53 bits per heavy atom. The number of hydrogen-bond acceptors (Lipinski definition) is 4. The lowest BCUT2D eigenvalue weighted by atomic mass is 10.2. The van der Waals surface area contributed by atoms with Crippen LogP contribution in [0.5, 0.6) is 0 Å². The molecule has 5 nitrogen and oxygen atoms in total. The van der Waals surface area contributed by atoms with Crippen molar-refractivity contribution in [1.82, 2.24) is 5.32 Å². The lowest BCUT2D eigenvalue weighted by molar-refractivity contribution is -0.143. The second-order valence-corrected chi connectivity index (χ2v) is 3.80. The topological polar surface area (TPSA) is 83.5 Å². The van der Waals surface area contributed by atoms with Crippen molar-refractivity contribution >= 4 is 29.0 Å². The van der Waals surface area contributed by atoms with Crippen molar-refractivity contribution in [2.45, 2.75) is 13.0 Å². The minimum atomic E-state index is -1.19. The number of carboxylic acid groups (broad SMARTS) is 1. The van der Waals surface area contributed by atoms with Crippen molar-refractivity contribution in [3.05, 3.63) is 22.4 Å². The molecule has 0 radical (unpaired) electrons. The van der Waals surface area contributed by atoms with Crippen molar-refractivity contribution in [2.24, 2.45) is 0 Å². The Morgan fingerprint density at radius 1 is 1.47 bits per heavy atom. The summed E-state index contributed by atoms with van der Waals surface area (Å²) in [5.74, 6) is -2.79. The molecule has 1 heterocycles. The molecule has 1 amide bonds. The van der Waals surface area contributed by atoms with E-state index in [9.17, 15) is 14.4 Å². The van der Waals surface area contributed by atoms with Crippen LogP contribution in [0.4, 0.5) is 0 Å². The first kappa shape index (κ1) is 11.4. The molecule has 0 aliphatic heterocycles. The highest BCUT2D eigenvalue weighted by molar-refractivity contribution is 7.10. The van der Waals surface area contributed by atoms with E-state index in [1.54, 1.807) is 17.5 Å². The first-order valence-electron chi connectivity index (χ1n) is 4.10. The lowest BCUT2D eigenvalue weighted by Gasteiger charge is -2.11. The Labute approximate surface area is 89.7 Å². The van der Waals surface area contributed by atoms with E-state index in [4.69, 9.17) is 5.11 Å². The van der Waals surface area contributed by atoms with Gasteiger partial charge in [-0.1, -0.05) is 6.07 Å². The summed E-state index contributed by atoms with van der Waals surface area (Å²) in [5.41, 5.74) is 0. The molecule has 1 aromatic heterocycles. The van der Waals surface area contributed by atoms with Crippen LogP contribution >= 0.6 is 11.3 Å². The van der Waals surface area contributed by atoms with Gasteiger partial charge < -0.3 is 10.4 Å². The maximum absolute atomic E-state index is 11.0. The predicted molar refractivity (Wildman–Crippen MR) is 53.5 cm³/mol. The summed E-state index contributed by atoms with van der Waals surface area (Å²) in [6.07, 6.45) is 0. The van der Waals surface area contributed by atoms with Crippen LogP contribution in [0, 0.1) is 0 Å². The molecule has 1 atom stereocenters. The van der Waals surface area contributed by atoms with E-state index in [2.05, 4.69) is 5.32 Å². The highest BCUT2D eigenvalue weighted by Gasteiger charge is 2.24. The second kappa shape index (κ2) is 4.70. The fourth-order valence-electron chi connectivity index (χ4n) is 0.943. The number of carboxylic acids is 1. The van der Waals surface area contributed by atoms with Crippen LogP contribution < -0.4 is 5.32 Å². The van der Waals surface area contributed by atoms with Crippen LogP contribution in [0.3, 0.4) is 0 Å². The zero-order chi connectivity index (χ0) is 11.4. The molecule has 0 bridgehead atoms. The van der Waals surface area contributed by atoms with Crippen LogP contribution in [0.25, 0.3) is 0 Å². The summed E-state index contributed by atoms with van der Waals surface area (Å²) in [5, 5.41) is 12.7. The van der Waals surface area contributed by atoms with E-state index in [0.717, 1.165) is 6.92 Å². The van der Waals surface area contributed by atoms with Gasteiger partial charge in [-0.2, -0.15) is 0 Å². The van der Waals surface area contributed by atoms with E-state index < -0.39 is 23.7 Å². The largest absolute Gasteiger partial charge is 0.479 e. The summed E-state index contributed by atoms with van der Waals surface area (Å²) >= 11 is 1.21. The highest BCUT2D eigenvalue weighted by Crippen LogP contribution is 2.18. The van der Waals surface area contributed by atoms with Crippen molar-refractivity contribution in [1.29, 1.82) is 0 Å². The van der Waals surface area contributed by atoms with Gasteiger partial charge in [-0.3, -0.25) is 9.59 Å². The number of nitrogens with one attached hydrogen (secondary N) is 1. The van der Waals surface area contributed by atoms with Gasteiger partial charge in [-0.15, -0.1) is 11.3 Å². The zero-order valence-corrected chi connectivity index (χ0v) is 8.71. The van der Waals surface area contributed by atoms with Gasteiger partial charge in [0.1, 0.15) is 0 Å². The molecule has 0 fully saturated rings. The number of hydrogen-bond donors (Lipinski definition) is 2. The van der Waals surface area contributed by atoms with Crippen molar-refractivity contribution in [2.75, 3.05) is 0 Å². The number of carbonyl (C=O) groups is 3. The SMILES string of the molecule is CC(=O)C(=O)NC(C(=O)O)c1cccs1. The number of carbonyl (C=O) groups excluding carboxylic acids is 2. The molecular formula is C9H9NO4S. The highest BCUT2D eigenvalue weighted by atomic mass is 32.1. The number of aliphatic carboxylic acids is 1. The summed E-state index contributed by atoms with van der Waals surface area (Å²) in [4.78, 5) is 33.0. The van der Waals surface area contributed by atoms with Gasteiger partial charge in [0.2, 0.25) is 5.78 Å². The molecule has 80 valence electrons. The van der Waals surface area contributed by atoms with Gasteiger partial charge in [0.05, 0.1) is 0 Å². The van der Waals surface area contributed by atoms with Gasteiger partial charge >= 0.3 is 5.97 Å². The Balaban J connectivity index is 2.81. The quantitative estimate of drug-likeness (QED) is 0.737. The van der Waals surface area contributed by atoms with E-state index in [1.165, 1.54) is 11.3 Å². The smallest absolute Gasteiger partial charge is 0.331 e. The van der Waals surface area contributed by atoms with Gasteiger partial charge in [0.25, 0.3) is 5.91 Å². The molecule has 15 heavy (non-hydrogen) atoms. The van der Waals surface area contributed by atoms with Crippen molar-refractivity contribution in [3.63, 3.8) is 0 Å². The molecule has 0 saturated heterocycles. The average molecular weight is 227 g/mol. The summed E-state index contributed by atoms with van der Waals surface area (Å²) < 4.78 is 0. The van der Waals surface area contributed by atoms with E-state index in [1.807, 2.05) is 0 Å². The minimum absolute atomic E-state index is 0.483. The number of ketones is 1. The van der Waals surface area contributed by atoms with Gasteiger partial charge in [0.15, 0.2) is 6.04 Å². The van der Waals surface area contributed by atoms with Crippen LogP contribution in [0.15, 0.2) is 17.5 Å². The standard InChI is InChI=1S/C9H9NO4S/c1-5(11)8(12)10-7(9(13)14)6-3-2-4-15-6/h2-4,7H,1H3,(H,10,12)(H,13,14). The van der Waals surface area contributed by atoms with Gasteiger partial charge in [-0.05, 0) is 11.4 Å². The molecule has 0 aromatic carbocycles. The third-order valence-corrected chi connectivity index (χ3v) is 2.61. The maximum Gasteiger partial charge on any atom is 0.331 e. The normalized spacial score (nSPS) is 11.8. The molecule has 0 saturated carbocycles. The summed E-state index contributed by atoms with van der Waals surface area (Å²) in [6, 6.07) is 2.11. The molecule has 2 N–H and O–H groups in total. The van der Waals surface area contributed by atoms with Gasteiger partial charge in [0, 0.05) is 11.8 Å². The Kier molecular flexibility index (Phi) is 3.56. The monoisotopic (exact) mass is 227 g/mol. The van der Waals surface area contributed by atoms with Crippen LogP contribution in [-0.4, -0.2) is 22.8 Å². The number of amides is 1. The fourth-order valence-corrected chi connectivity index (χ4v) is 1.71. The van der Waals surface area contributed by atoms with E-state index >= 15 is 0 Å². The Bertz CT molecular complexity index is 385. The number of thiophene rings is 1. The summed E-state index contributed by atoms with van der Waals surface area (Å²) in [7, 11) is 0. The Hall–Kier alpha value is -1.69. The molecule has 0 aliphatic rings.